The van der Waals surface area contributed by atoms with Gasteiger partial charge in [0.2, 0.25) is 0 Å². The van der Waals surface area contributed by atoms with E-state index < -0.39 is 18.1 Å². The van der Waals surface area contributed by atoms with Gasteiger partial charge in [-0.1, -0.05) is 0 Å². The fourth-order valence-corrected chi connectivity index (χ4v) is 2.83. The summed E-state index contributed by atoms with van der Waals surface area (Å²) in [5, 5.41) is 2.74. The van der Waals surface area contributed by atoms with Crippen molar-refractivity contribution < 1.29 is 22.7 Å². The number of carbonyl (C=O) groups is 1. The largest absolute Gasteiger partial charge is 0.393 e. The SMILES string of the molecule is NC1CN(C(=O)NCCN2CCOCC2)CCC1C(F)(F)F. The summed E-state index contributed by atoms with van der Waals surface area (Å²) in [5.41, 5.74) is 5.58. The normalized spacial score (nSPS) is 27.7. The first-order valence-corrected chi connectivity index (χ1v) is 7.53. The second-order valence-electron chi connectivity index (χ2n) is 5.73. The van der Waals surface area contributed by atoms with Crippen molar-refractivity contribution in [2.45, 2.75) is 18.6 Å². The molecule has 0 bridgehead atoms. The van der Waals surface area contributed by atoms with Crippen LogP contribution in [-0.4, -0.2) is 80.5 Å². The molecule has 2 fully saturated rings. The van der Waals surface area contributed by atoms with Gasteiger partial charge in [-0.2, -0.15) is 13.2 Å². The molecule has 2 saturated heterocycles. The molecule has 3 N–H and O–H groups in total. The Morgan fingerprint density at radius 3 is 2.55 bits per heavy atom. The number of halogens is 3. The molecule has 2 heterocycles. The van der Waals surface area contributed by atoms with Crippen LogP contribution in [0.1, 0.15) is 6.42 Å². The highest BCUT2D eigenvalue weighted by atomic mass is 19.4. The average molecular weight is 324 g/mol. The first kappa shape index (κ1) is 17.3. The van der Waals surface area contributed by atoms with E-state index >= 15 is 0 Å². The van der Waals surface area contributed by atoms with Gasteiger partial charge < -0.3 is 20.7 Å². The minimum atomic E-state index is -4.29. The molecule has 0 aromatic heterocycles. The summed E-state index contributed by atoms with van der Waals surface area (Å²) in [7, 11) is 0. The van der Waals surface area contributed by atoms with Gasteiger partial charge in [0.25, 0.3) is 0 Å². The number of alkyl halides is 3. The molecule has 22 heavy (non-hydrogen) atoms. The molecule has 0 aromatic carbocycles. The van der Waals surface area contributed by atoms with Crippen LogP contribution in [0.3, 0.4) is 0 Å². The highest BCUT2D eigenvalue weighted by molar-refractivity contribution is 5.74. The van der Waals surface area contributed by atoms with Crippen molar-refractivity contribution in [3.05, 3.63) is 0 Å². The molecule has 2 unspecified atom stereocenters. The van der Waals surface area contributed by atoms with E-state index in [9.17, 15) is 18.0 Å². The number of likely N-dealkylation sites (tertiary alicyclic amines) is 1. The molecular formula is C13H23F3N4O2. The summed E-state index contributed by atoms with van der Waals surface area (Å²) >= 11 is 0. The van der Waals surface area contributed by atoms with E-state index in [1.54, 1.807) is 0 Å². The second kappa shape index (κ2) is 7.47. The summed E-state index contributed by atoms with van der Waals surface area (Å²) in [6, 6.07) is -1.40. The van der Waals surface area contributed by atoms with Gasteiger partial charge in [-0.15, -0.1) is 0 Å². The van der Waals surface area contributed by atoms with Crippen LogP contribution >= 0.6 is 0 Å². The van der Waals surface area contributed by atoms with Crippen LogP contribution < -0.4 is 11.1 Å². The molecule has 0 saturated carbocycles. The standard InChI is InChI=1S/C13H23F3N4O2/c14-13(15,16)10-1-3-20(9-11(10)17)12(21)18-2-4-19-5-7-22-8-6-19/h10-11H,1-9,17H2,(H,18,21). The minimum Gasteiger partial charge on any atom is -0.379 e. The smallest absolute Gasteiger partial charge is 0.379 e. The molecule has 0 aromatic rings. The lowest BCUT2D eigenvalue weighted by molar-refractivity contribution is -0.188. The molecule has 2 aliphatic rings. The zero-order valence-electron chi connectivity index (χ0n) is 12.4. The fourth-order valence-electron chi connectivity index (χ4n) is 2.83. The zero-order valence-corrected chi connectivity index (χ0v) is 12.4. The summed E-state index contributed by atoms with van der Waals surface area (Å²) in [6.45, 7) is 4.24. The van der Waals surface area contributed by atoms with Crippen molar-refractivity contribution in [2.24, 2.45) is 11.7 Å². The number of hydrogen-bond donors (Lipinski definition) is 2. The van der Waals surface area contributed by atoms with E-state index in [1.807, 2.05) is 0 Å². The van der Waals surface area contributed by atoms with E-state index in [-0.39, 0.29) is 25.5 Å². The highest BCUT2D eigenvalue weighted by Crippen LogP contribution is 2.33. The van der Waals surface area contributed by atoms with Crippen molar-refractivity contribution in [3.63, 3.8) is 0 Å². The molecule has 9 heteroatoms. The van der Waals surface area contributed by atoms with Crippen LogP contribution in [0, 0.1) is 5.92 Å². The number of hydrogen-bond acceptors (Lipinski definition) is 4. The summed E-state index contributed by atoms with van der Waals surface area (Å²) in [4.78, 5) is 15.5. The Hall–Kier alpha value is -1.06. The number of rotatable bonds is 3. The van der Waals surface area contributed by atoms with Gasteiger partial charge in [-0.25, -0.2) is 4.79 Å². The molecule has 0 aliphatic carbocycles. The van der Waals surface area contributed by atoms with Crippen LogP contribution in [0.25, 0.3) is 0 Å². The Morgan fingerprint density at radius 1 is 1.27 bits per heavy atom. The van der Waals surface area contributed by atoms with E-state index in [0.29, 0.717) is 26.3 Å². The number of morpholine rings is 1. The van der Waals surface area contributed by atoms with Gasteiger partial charge >= 0.3 is 12.2 Å². The molecule has 2 atom stereocenters. The van der Waals surface area contributed by atoms with Crippen molar-refractivity contribution >= 4 is 6.03 Å². The molecule has 0 spiro atoms. The number of nitrogens with zero attached hydrogens (tertiary/aromatic N) is 2. The lowest BCUT2D eigenvalue weighted by atomic mass is 9.92. The fraction of sp³-hybridized carbons (Fsp3) is 0.923. The maximum atomic E-state index is 12.7. The molecule has 0 radical (unpaired) electrons. The minimum absolute atomic E-state index is 0.0619. The number of nitrogens with one attached hydrogen (secondary N) is 1. The third kappa shape index (κ3) is 4.72. The number of nitrogens with two attached hydrogens (primary N) is 1. The van der Waals surface area contributed by atoms with Crippen molar-refractivity contribution in [3.8, 4) is 0 Å². The summed E-state index contributed by atoms with van der Waals surface area (Å²) in [6.07, 6.45) is -4.43. The van der Waals surface area contributed by atoms with E-state index in [2.05, 4.69) is 10.2 Å². The number of urea groups is 1. The maximum absolute atomic E-state index is 12.7. The van der Waals surface area contributed by atoms with Crippen LogP contribution in [0.2, 0.25) is 0 Å². The lowest BCUT2D eigenvalue weighted by Crippen LogP contribution is -2.56. The van der Waals surface area contributed by atoms with Crippen LogP contribution in [-0.2, 0) is 4.74 Å². The zero-order chi connectivity index (χ0) is 16.2. The highest BCUT2D eigenvalue weighted by Gasteiger charge is 2.46. The van der Waals surface area contributed by atoms with Crippen LogP contribution in [0.5, 0.6) is 0 Å². The quantitative estimate of drug-likeness (QED) is 0.780. The predicted molar refractivity (Wildman–Crippen MR) is 74.4 cm³/mol. The van der Waals surface area contributed by atoms with Crippen molar-refractivity contribution in [2.75, 3.05) is 52.5 Å². The first-order valence-electron chi connectivity index (χ1n) is 7.53. The van der Waals surface area contributed by atoms with E-state index in [4.69, 9.17) is 10.5 Å². The van der Waals surface area contributed by atoms with Gasteiger partial charge in [-0.3, -0.25) is 4.90 Å². The van der Waals surface area contributed by atoms with Gasteiger partial charge in [0.1, 0.15) is 0 Å². The Bertz CT molecular complexity index is 375. The second-order valence-corrected chi connectivity index (χ2v) is 5.73. The molecule has 2 rings (SSSR count). The average Bonchev–Trinajstić information content (AvgIpc) is 2.46. The van der Waals surface area contributed by atoms with E-state index in [0.717, 1.165) is 13.1 Å². The third-order valence-electron chi connectivity index (χ3n) is 4.17. The van der Waals surface area contributed by atoms with E-state index in [1.165, 1.54) is 4.90 Å². The summed E-state index contributed by atoms with van der Waals surface area (Å²) < 4.78 is 43.4. The van der Waals surface area contributed by atoms with Gasteiger partial charge in [0, 0.05) is 45.3 Å². The van der Waals surface area contributed by atoms with Crippen LogP contribution in [0.4, 0.5) is 18.0 Å². The Morgan fingerprint density at radius 2 is 1.95 bits per heavy atom. The van der Waals surface area contributed by atoms with Gasteiger partial charge in [0.05, 0.1) is 19.1 Å². The van der Waals surface area contributed by atoms with Gasteiger partial charge in [0.15, 0.2) is 0 Å². The molecular weight excluding hydrogens is 301 g/mol. The number of amides is 2. The topological polar surface area (TPSA) is 70.8 Å². The third-order valence-corrected chi connectivity index (χ3v) is 4.17. The van der Waals surface area contributed by atoms with Gasteiger partial charge in [-0.05, 0) is 6.42 Å². The Kier molecular flexibility index (Phi) is 5.87. The molecule has 2 amide bonds. The monoisotopic (exact) mass is 324 g/mol. The first-order chi connectivity index (χ1) is 10.4. The van der Waals surface area contributed by atoms with Crippen molar-refractivity contribution in [1.29, 1.82) is 0 Å². The Balaban J connectivity index is 1.70. The molecule has 128 valence electrons. The number of ether oxygens (including phenoxy) is 1. The van der Waals surface area contributed by atoms with Crippen LogP contribution in [0.15, 0.2) is 0 Å². The molecule has 2 aliphatic heterocycles. The summed E-state index contributed by atoms with van der Waals surface area (Å²) in [5.74, 6) is -1.52. The number of carbonyl (C=O) groups excluding carboxylic acids is 1. The predicted octanol–water partition coefficient (Wildman–Crippen LogP) is 0.240. The maximum Gasteiger partial charge on any atom is 0.393 e. The van der Waals surface area contributed by atoms with Crippen molar-refractivity contribution in [1.82, 2.24) is 15.1 Å². The Labute approximate surface area is 127 Å². The number of piperidine rings is 1. The molecule has 6 nitrogen and oxygen atoms in total. The lowest BCUT2D eigenvalue weighted by Gasteiger charge is -2.37.